The number of unbranched alkanes of at least 4 members (excludes halogenated alkanes) is 15. The van der Waals surface area contributed by atoms with E-state index in [0.717, 1.165) is 32.3 Å². The molecule has 1 aliphatic rings. The predicted molar refractivity (Wildman–Crippen MR) is 115 cm³/mol. The molecule has 0 aromatic heterocycles. The lowest BCUT2D eigenvalue weighted by molar-refractivity contribution is 0.257. The van der Waals surface area contributed by atoms with E-state index >= 15 is 0 Å². The van der Waals surface area contributed by atoms with Crippen LogP contribution < -0.4 is 0 Å². The van der Waals surface area contributed by atoms with Crippen molar-refractivity contribution in [3.05, 3.63) is 0 Å². The topological polar surface area (TPSA) is 24.8 Å². The number of rotatable bonds is 18. The van der Waals surface area contributed by atoms with E-state index in [4.69, 9.17) is 4.74 Å². The van der Waals surface area contributed by atoms with Gasteiger partial charge in [-0.1, -0.05) is 103 Å². The molecule has 0 N–H and O–H groups in total. The Kier molecular flexibility index (Phi) is 15.8. The number of hydrogen-bond acceptors (Lipinski definition) is 3. The molecule has 0 aromatic carbocycles. The molecule has 1 heterocycles. The Hall–Kier alpha value is -0.730. The molecular weight excluding hydrogens is 320 g/mol. The van der Waals surface area contributed by atoms with E-state index < -0.39 is 0 Å². The van der Waals surface area contributed by atoms with E-state index in [-0.39, 0.29) is 0 Å². The molecule has 0 aliphatic carbocycles. The van der Waals surface area contributed by atoms with Crippen LogP contribution in [0.3, 0.4) is 0 Å². The minimum Gasteiger partial charge on any atom is -0.465 e. The molecule has 3 heteroatoms. The lowest BCUT2D eigenvalue weighted by Crippen LogP contribution is -2.30. The normalized spacial score (nSPS) is 14.1. The van der Waals surface area contributed by atoms with Crippen LogP contribution in [0.15, 0.2) is 4.99 Å². The van der Waals surface area contributed by atoms with Gasteiger partial charge in [0, 0.05) is 13.1 Å². The first-order valence-corrected chi connectivity index (χ1v) is 11.8. The van der Waals surface area contributed by atoms with Crippen molar-refractivity contribution in [2.24, 2.45) is 4.99 Å². The van der Waals surface area contributed by atoms with Crippen LogP contribution in [0.4, 0.5) is 0 Å². The summed E-state index contributed by atoms with van der Waals surface area (Å²) < 4.78 is 5.57. The van der Waals surface area contributed by atoms with Crippen molar-refractivity contribution in [1.29, 1.82) is 0 Å². The van der Waals surface area contributed by atoms with Crippen LogP contribution in [0.25, 0.3) is 0 Å². The molecule has 1 aliphatic heterocycles. The van der Waals surface area contributed by atoms with Crippen LogP contribution in [0.5, 0.6) is 0 Å². The molecule has 0 atom stereocenters. The van der Waals surface area contributed by atoms with E-state index in [0.29, 0.717) is 0 Å². The SMILES string of the molecule is CCCCCCCCCCCCCCCCCCN1CCN=C1OCC. The van der Waals surface area contributed by atoms with Gasteiger partial charge in [-0.3, -0.25) is 0 Å². The van der Waals surface area contributed by atoms with E-state index in [1.165, 1.54) is 103 Å². The van der Waals surface area contributed by atoms with Crippen LogP contribution in [-0.2, 0) is 4.74 Å². The van der Waals surface area contributed by atoms with E-state index in [9.17, 15) is 0 Å². The van der Waals surface area contributed by atoms with Gasteiger partial charge in [0.1, 0.15) is 0 Å². The van der Waals surface area contributed by atoms with Gasteiger partial charge in [0.05, 0.1) is 13.2 Å². The maximum absolute atomic E-state index is 5.57. The van der Waals surface area contributed by atoms with Crippen molar-refractivity contribution in [3.63, 3.8) is 0 Å². The highest BCUT2D eigenvalue weighted by Crippen LogP contribution is 2.14. The Balaban J connectivity index is 1.74. The van der Waals surface area contributed by atoms with E-state index in [2.05, 4.69) is 16.8 Å². The molecule has 0 fully saturated rings. The average molecular weight is 367 g/mol. The zero-order valence-corrected chi connectivity index (χ0v) is 17.9. The molecule has 154 valence electrons. The van der Waals surface area contributed by atoms with Crippen molar-refractivity contribution in [1.82, 2.24) is 4.90 Å². The van der Waals surface area contributed by atoms with Crippen molar-refractivity contribution in [3.8, 4) is 0 Å². The number of aliphatic imine (C=N–C) groups is 1. The summed E-state index contributed by atoms with van der Waals surface area (Å²) in [6.07, 6.45) is 22.8. The first-order valence-electron chi connectivity index (χ1n) is 11.8. The molecule has 0 spiro atoms. The highest BCUT2D eigenvalue weighted by Gasteiger charge is 2.16. The largest absolute Gasteiger partial charge is 0.465 e. The van der Waals surface area contributed by atoms with Crippen LogP contribution in [0.2, 0.25) is 0 Å². The fourth-order valence-electron chi connectivity index (χ4n) is 3.79. The Labute approximate surface area is 164 Å². The highest BCUT2D eigenvalue weighted by atomic mass is 16.5. The minimum absolute atomic E-state index is 0.730. The molecule has 0 saturated carbocycles. The van der Waals surface area contributed by atoms with Gasteiger partial charge in [0.15, 0.2) is 0 Å². The van der Waals surface area contributed by atoms with Crippen molar-refractivity contribution < 1.29 is 4.74 Å². The molecule has 0 aromatic rings. The van der Waals surface area contributed by atoms with Crippen LogP contribution >= 0.6 is 0 Å². The molecule has 3 nitrogen and oxygen atoms in total. The predicted octanol–water partition coefficient (Wildman–Crippen LogP) is 6.96. The monoisotopic (exact) mass is 366 g/mol. The fraction of sp³-hybridized carbons (Fsp3) is 0.957. The molecule has 0 amide bonds. The van der Waals surface area contributed by atoms with Crippen LogP contribution in [0, 0.1) is 0 Å². The number of hydrogen-bond donors (Lipinski definition) is 0. The Morgan fingerprint density at radius 1 is 0.692 bits per heavy atom. The van der Waals surface area contributed by atoms with Crippen LogP contribution in [0.1, 0.15) is 117 Å². The number of nitrogens with zero attached hydrogens (tertiary/aromatic N) is 2. The van der Waals surface area contributed by atoms with Crippen LogP contribution in [-0.4, -0.2) is 37.2 Å². The van der Waals surface area contributed by atoms with Crippen molar-refractivity contribution >= 4 is 6.02 Å². The quantitative estimate of drug-likeness (QED) is 0.245. The summed E-state index contributed by atoms with van der Waals surface area (Å²) >= 11 is 0. The van der Waals surface area contributed by atoms with Gasteiger partial charge in [-0.05, 0) is 13.3 Å². The summed E-state index contributed by atoms with van der Waals surface area (Å²) in [5.41, 5.74) is 0. The first kappa shape index (κ1) is 23.3. The maximum Gasteiger partial charge on any atom is 0.287 e. The molecule has 0 saturated heterocycles. The third-order valence-corrected chi connectivity index (χ3v) is 5.44. The third kappa shape index (κ3) is 12.6. The Morgan fingerprint density at radius 3 is 1.62 bits per heavy atom. The average Bonchev–Trinajstić information content (AvgIpc) is 3.09. The minimum atomic E-state index is 0.730. The van der Waals surface area contributed by atoms with Gasteiger partial charge in [0.25, 0.3) is 6.02 Å². The van der Waals surface area contributed by atoms with Gasteiger partial charge in [0.2, 0.25) is 0 Å². The van der Waals surface area contributed by atoms with Gasteiger partial charge >= 0.3 is 0 Å². The van der Waals surface area contributed by atoms with Gasteiger partial charge in [-0.15, -0.1) is 0 Å². The first-order chi connectivity index (χ1) is 12.9. The maximum atomic E-state index is 5.57. The number of amidine groups is 1. The molecular formula is C23H46N2O. The zero-order chi connectivity index (χ0) is 18.7. The summed E-state index contributed by atoms with van der Waals surface area (Å²) in [5, 5.41) is 0. The fourth-order valence-corrected chi connectivity index (χ4v) is 3.79. The van der Waals surface area contributed by atoms with Gasteiger partial charge in [-0.2, -0.15) is 0 Å². The second-order valence-electron chi connectivity index (χ2n) is 7.89. The Morgan fingerprint density at radius 2 is 1.15 bits per heavy atom. The molecule has 0 bridgehead atoms. The van der Waals surface area contributed by atoms with Gasteiger partial charge in [-0.25, -0.2) is 4.99 Å². The zero-order valence-electron chi connectivity index (χ0n) is 17.9. The van der Waals surface area contributed by atoms with E-state index in [1.54, 1.807) is 0 Å². The third-order valence-electron chi connectivity index (χ3n) is 5.44. The smallest absolute Gasteiger partial charge is 0.287 e. The Bertz CT molecular complexity index is 330. The molecule has 0 unspecified atom stereocenters. The standard InChI is InChI=1S/C23H46N2O/c1-3-5-6-7-8-9-10-11-12-13-14-15-16-17-18-19-21-25-22-20-24-23(25)26-4-2/h3-22H2,1-2H3. The van der Waals surface area contributed by atoms with Crippen molar-refractivity contribution in [2.75, 3.05) is 26.2 Å². The lowest BCUT2D eigenvalue weighted by atomic mass is 10.0. The summed E-state index contributed by atoms with van der Waals surface area (Å²) in [5.74, 6) is 0. The summed E-state index contributed by atoms with van der Waals surface area (Å²) in [4.78, 5) is 6.73. The summed E-state index contributed by atoms with van der Waals surface area (Å²) in [6.45, 7) is 8.14. The lowest BCUT2D eigenvalue weighted by Gasteiger charge is -2.19. The summed E-state index contributed by atoms with van der Waals surface area (Å²) in [7, 11) is 0. The van der Waals surface area contributed by atoms with Gasteiger partial charge < -0.3 is 9.64 Å². The summed E-state index contributed by atoms with van der Waals surface area (Å²) in [6, 6.07) is 0.883. The molecule has 0 radical (unpaired) electrons. The molecule has 26 heavy (non-hydrogen) atoms. The van der Waals surface area contributed by atoms with Crippen molar-refractivity contribution in [2.45, 2.75) is 117 Å². The molecule has 1 rings (SSSR count). The second kappa shape index (κ2) is 17.7. The second-order valence-corrected chi connectivity index (χ2v) is 7.89. The highest BCUT2D eigenvalue weighted by molar-refractivity contribution is 5.75. The van der Waals surface area contributed by atoms with E-state index in [1.807, 2.05) is 6.92 Å². The number of ether oxygens (including phenoxy) is 1.